The number of hydrogen-bond donors (Lipinski definition) is 0. The van der Waals surface area contributed by atoms with E-state index in [0.29, 0.717) is 24.5 Å². The molecule has 0 saturated carbocycles. The largest absolute Gasteiger partial charge is 0.494 e. The summed E-state index contributed by atoms with van der Waals surface area (Å²) < 4.78 is 16.3. The molecule has 0 unspecified atom stereocenters. The maximum Gasteiger partial charge on any atom is 0.354 e. The molecule has 0 fully saturated rings. The SMILES string of the molecule is CCCOc1ccc(C=C(C#N)C(=O)Oc2ccccc2OCC)cc1. The van der Waals surface area contributed by atoms with E-state index >= 15 is 0 Å². The van der Waals surface area contributed by atoms with Crippen LogP contribution in [-0.4, -0.2) is 19.2 Å². The van der Waals surface area contributed by atoms with Crippen LogP contribution in [0.3, 0.4) is 0 Å². The lowest BCUT2D eigenvalue weighted by atomic mass is 10.1. The summed E-state index contributed by atoms with van der Waals surface area (Å²) in [5.41, 5.74) is 0.610. The lowest BCUT2D eigenvalue weighted by molar-refractivity contribution is -0.129. The third-order valence-electron chi connectivity index (χ3n) is 3.36. The van der Waals surface area contributed by atoms with Crippen molar-refractivity contribution in [1.82, 2.24) is 0 Å². The fourth-order valence-electron chi connectivity index (χ4n) is 2.15. The van der Waals surface area contributed by atoms with Crippen LogP contribution in [0.2, 0.25) is 0 Å². The molecule has 134 valence electrons. The molecule has 2 aromatic carbocycles. The summed E-state index contributed by atoms with van der Waals surface area (Å²) >= 11 is 0. The zero-order chi connectivity index (χ0) is 18.8. The minimum absolute atomic E-state index is 0.0986. The molecule has 0 aliphatic rings. The summed E-state index contributed by atoms with van der Waals surface area (Å²) in [5, 5.41) is 9.30. The predicted octanol–water partition coefficient (Wildman–Crippen LogP) is 4.39. The number of nitrogens with zero attached hydrogens (tertiary/aromatic N) is 1. The molecule has 0 radical (unpaired) electrons. The Kier molecular flexibility index (Phi) is 7.26. The van der Waals surface area contributed by atoms with Gasteiger partial charge in [0.15, 0.2) is 11.5 Å². The normalized spacial score (nSPS) is 10.7. The Bertz CT molecular complexity index is 804. The van der Waals surface area contributed by atoms with E-state index in [1.54, 1.807) is 48.5 Å². The monoisotopic (exact) mass is 351 g/mol. The second-order valence-electron chi connectivity index (χ2n) is 5.36. The molecule has 5 nitrogen and oxygen atoms in total. The Morgan fingerprint density at radius 2 is 1.73 bits per heavy atom. The van der Waals surface area contributed by atoms with Gasteiger partial charge in [-0.3, -0.25) is 0 Å². The van der Waals surface area contributed by atoms with Crippen molar-refractivity contribution in [3.63, 3.8) is 0 Å². The van der Waals surface area contributed by atoms with Gasteiger partial charge in [0.2, 0.25) is 0 Å². The van der Waals surface area contributed by atoms with Crippen LogP contribution in [0.4, 0.5) is 0 Å². The van der Waals surface area contributed by atoms with Crippen molar-refractivity contribution in [2.75, 3.05) is 13.2 Å². The van der Waals surface area contributed by atoms with Crippen molar-refractivity contribution in [2.24, 2.45) is 0 Å². The molecule has 2 rings (SSSR count). The molecule has 0 spiro atoms. The minimum atomic E-state index is -0.731. The lowest BCUT2D eigenvalue weighted by Gasteiger charge is -2.09. The molecule has 0 aromatic heterocycles. The number of ether oxygens (including phenoxy) is 3. The summed E-state index contributed by atoms with van der Waals surface area (Å²) in [4.78, 5) is 12.3. The van der Waals surface area contributed by atoms with Crippen molar-refractivity contribution in [1.29, 1.82) is 5.26 Å². The molecule has 0 heterocycles. The van der Waals surface area contributed by atoms with Gasteiger partial charge in [-0.1, -0.05) is 31.2 Å². The van der Waals surface area contributed by atoms with Gasteiger partial charge in [0.25, 0.3) is 0 Å². The van der Waals surface area contributed by atoms with Crippen molar-refractivity contribution in [3.8, 4) is 23.3 Å². The Morgan fingerprint density at radius 3 is 2.35 bits per heavy atom. The minimum Gasteiger partial charge on any atom is -0.494 e. The van der Waals surface area contributed by atoms with E-state index in [-0.39, 0.29) is 11.3 Å². The smallest absolute Gasteiger partial charge is 0.354 e. The van der Waals surface area contributed by atoms with Gasteiger partial charge in [-0.2, -0.15) is 5.26 Å². The molecule has 0 bridgehead atoms. The quantitative estimate of drug-likeness (QED) is 0.305. The van der Waals surface area contributed by atoms with Crippen LogP contribution < -0.4 is 14.2 Å². The molecule has 0 aliphatic heterocycles. The molecular formula is C21H21NO4. The fourth-order valence-corrected chi connectivity index (χ4v) is 2.15. The van der Waals surface area contributed by atoms with Crippen LogP contribution in [0.1, 0.15) is 25.8 Å². The first-order chi connectivity index (χ1) is 12.7. The molecule has 0 atom stereocenters. The van der Waals surface area contributed by atoms with Gasteiger partial charge in [0, 0.05) is 0 Å². The van der Waals surface area contributed by atoms with E-state index in [1.165, 1.54) is 6.08 Å². The topological polar surface area (TPSA) is 68.5 Å². The van der Waals surface area contributed by atoms with Gasteiger partial charge in [-0.05, 0) is 49.2 Å². The molecular weight excluding hydrogens is 330 g/mol. The van der Waals surface area contributed by atoms with E-state index in [4.69, 9.17) is 14.2 Å². The van der Waals surface area contributed by atoms with Crippen LogP contribution in [0.15, 0.2) is 54.1 Å². The third-order valence-corrected chi connectivity index (χ3v) is 3.36. The zero-order valence-electron chi connectivity index (χ0n) is 14.9. The molecule has 0 amide bonds. The highest BCUT2D eigenvalue weighted by molar-refractivity contribution is 5.99. The first-order valence-electron chi connectivity index (χ1n) is 8.46. The lowest BCUT2D eigenvalue weighted by Crippen LogP contribution is -2.11. The number of para-hydroxylation sites is 2. The number of hydrogen-bond acceptors (Lipinski definition) is 5. The zero-order valence-corrected chi connectivity index (χ0v) is 14.9. The molecule has 5 heteroatoms. The average Bonchev–Trinajstić information content (AvgIpc) is 2.67. The van der Waals surface area contributed by atoms with Crippen LogP contribution >= 0.6 is 0 Å². The highest BCUT2D eigenvalue weighted by Crippen LogP contribution is 2.27. The molecule has 0 N–H and O–H groups in total. The van der Waals surface area contributed by atoms with Gasteiger partial charge in [0.05, 0.1) is 13.2 Å². The van der Waals surface area contributed by atoms with E-state index in [9.17, 15) is 10.1 Å². The highest BCUT2D eigenvalue weighted by atomic mass is 16.6. The van der Waals surface area contributed by atoms with Gasteiger partial charge >= 0.3 is 5.97 Å². The van der Waals surface area contributed by atoms with Crippen LogP contribution in [-0.2, 0) is 4.79 Å². The van der Waals surface area contributed by atoms with Crippen LogP contribution in [0.5, 0.6) is 17.2 Å². The average molecular weight is 351 g/mol. The maximum atomic E-state index is 12.3. The Labute approximate surface area is 153 Å². The summed E-state index contributed by atoms with van der Waals surface area (Å²) in [6.45, 7) is 4.96. The van der Waals surface area contributed by atoms with Gasteiger partial charge in [-0.25, -0.2) is 4.79 Å². The first-order valence-corrected chi connectivity index (χ1v) is 8.46. The van der Waals surface area contributed by atoms with Gasteiger partial charge in [0.1, 0.15) is 17.4 Å². The summed E-state index contributed by atoms with van der Waals surface area (Å²) in [7, 11) is 0. The summed E-state index contributed by atoms with van der Waals surface area (Å²) in [6.07, 6.45) is 2.41. The van der Waals surface area contributed by atoms with E-state index < -0.39 is 5.97 Å². The second kappa shape index (κ2) is 9.90. The van der Waals surface area contributed by atoms with Crippen LogP contribution in [0.25, 0.3) is 6.08 Å². The Hall–Kier alpha value is -3.26. The fraction of sp³-hybridized carbons (Fsp3) is 0.238. The number of carbonyl (C=O) groups excluding carboxylic acids is 1. The standard InChI is InChI=1S/C21H21NO4/c1-3-13-25-18-11-9-16(10-12-18)14-17(15-22)21(23)26-20-8-6-5-7-19(20)24-4-2/h5-12,14H,3-4,13H2,1-2H3. The second-order valence-corrected chi connectivity index (χ2v) is 5.36. The molecule has 0 saturated heterocycles. The van der Waals surface area contributed by atoms with Gasteiger partial charge in [-0.15, -0.1) is 0 Å². The number of esters is 1. The number of carbonyl (C=O) groups is 1. The first kappa shape index (κ1) is 19.1. The maximum absolute atomic E-state index is 12.3. The Balaban J connectivity index is 2.13. The van der Waals surface area contributed by atoms with Gasteiger partial charge < -0.3 is 14.2 Å². The van der Waals surface area contributed by atoms with Crippen molar-refractivity contribution in [2.45, 2.75) is 20.3 Å². The molecule has 26 heavy (non-hydrogen) atoms. The summed E-state index contributed by atoms with van der Waals surface area (Å²) in [6, 6.07) is 15.9. The van der Waals surface area contributed by atoms with E-state index in [1.807, 2.05) is 19.9 Å². The van der Waals surface area contributed by atoms with E-state index in [2.05, 4.69) is 0 Å². The number of rotatable bonds is 8. The Morgan fingerprint density at radius 1 is 1.04 bits per heavy atom. The molecule has 2 aromatic rings. The van der Waals surface area contributed by atoms with Crippen molar-refractivity contribution < 1.29 is 19.0 Å². The third kappa shape index (κ3) is 5.38. The van der Waals surface area contributed by atoms with Crippen molar-refractivity contribution >= 4 is 12.0 Å². The number of benzene rings is 2. The van der Waals surface area contributed by atoms with E-state index in [0.717, 1.165) is 12.2 Å². The number of nitriles is 1. The predicted molar refractivity (Wildman–Crippen MR) is 99.1 cm³/mol. The molecule has 0 aliphatic carbocycles. The summed E-state index contributed by atoms with van der Waals surface area (Å²) in [5.74, 6) is 0.753. The highest BCUT2D eigenvalue weighted by Gasteiger charge is 2.15. The van der Waals surface area contributed by atoms with Crippen LogP contribution in [0, 0.1) is 11.3 Å². The van der Waals surface area contributed by atoms with Crippen molar-refractivity contribution in [3.05, 3.63) is 59.7 Å².